The van der Waals surface area contributed by atoms with E-state index in [0.717, 1.165) is 17.0 Å². The van der Waals surface area contributed by atoms with Gasteiger partial charge in [-0.2, -0.15) is 11.8 Å². The number of rotatable bonds is 5. The zero-order chi connectivity index (χ0) is 12.7. The van der Waals surface area contributed by atoms with E-state index in [9.17, 15) is 4.79 Å². The van der Waals surface area contributed by atoms with Crippen molar-refractivity contribution in [2.24, 2.45) is 5.16 Å². The van der Waals surface area contributed by atoms with Crippen molar-refractivity contribution in [2.75, 3.05) is 17.3 Å². The largest absolute Gasteiger partial charge is 0.411 e. The lowest BCUT2D eigenvalue weighted by atomic mass is 10.1. The van der Waals surface area contributed by atoms with Gasteiger partial charge in [0.1, 0.15) is 0 Å². The fraction of sp³-hybridized carbons (Fsp3) is 0.333. The second kappa shape index (κ2) is 6.96. The Balaban J connectivity index is 2.59. The summed E-state index contributed by atoms with van der Waals surface area (Å²) in [6.45, 7) is 1.71. The average Bonchev–Trinajstić information content (AvgIpc) is 2.36. The Kier molecular flexibility index (Phi) is 5.56. The number of oxime groups is 1. The van der Waals surface area contributed by atoms with Crippen LogP contribution in [0, 0.1) is 0 Å². The van der Waals surface area contributed by atoms with Gasteiger partial charge in [0.05, 0.1) is 5.71 Å². The minimum absolute atomic E-state index is 0.0136. The first kappa shape index (κ1) is 13.6. The van der Waals surface area contributed by atoms with E-state index in [0.29, 0.717) is 12.1 Å². The highest BCUT2D eigenvalue weighted by atomic mass is 32.2. The molecule has 0 fully saturated rings. The molecule has 0 aliphatic rings. The van der Waals surface area contributed by atoms with E-state index in [-0.39, 0.29) is 5.91 Å². The minimum atomic E-state index is 0.0136. The van der Waals surface area contributed by atoms with Crippen LogP contribution in [0.2, 0.25) is 0 Å². The Bertz CT molecular complexity index is 401. The summed E-state index contributed by atoms with van der Waals surface area (Å²) in [4.78, 5) is 11.5. The third-order valence-corrected chi connectivity index (χ3v) is 2.88. The molecule has 0 aliphatic carbocycles. The number of amides is 1. The van der Waals surface area contributed by atoms with Crippen LogP contribution in [0.15, 0.2) is 29.4 Å². The maximum absolute atomic E-state index is 11.5. The van der Waals surface area contributed by atoms with E-state index in [1.807, 2.05) is 6.26 Å². The summed E-state index contributed by atoms with van der Waals surface area (Å²) in [5.41, 5.74) is 2.13. The van der Waals surface area contributed by atoms with E-state index in [1.165, 1.54) is 0 Å². The molecule has 0 bridgehead atoms. The van der Waals surface area contributed by atoms with E-state index in [1.54, 1.807) is 43.0 Å². The zero-order valence-electron chi connectivity index (χ0n) is 9.93. The monoisotopic (exact) mass is 252 g/mol. The van der Waals surface area contributed by atoms with Gasteiger partial charge in [-0.15, -0.1) is 0 Å². The maximum Gasteiger partial charge on any atom is 0.225 e. The average molecular weight is 252 g/mol. The SMILES string of the molecule is CSCCC(=O)Nc1ccc(C(C)=NO)cc1. The highest BCUT2D eigenvalue weighted by molar-refractivity contribution is 7.98. The smallest absolute Gasteiger partial charge is 0.225 e. The summed E-state index contributed by atoms with van der Waals surface area (Å²) in [5.74, 6) is 0.833. The quantitative estimate of drug-likeness (QED) is 0.481. The zero-order valence-corrected chi connectivity index (χ0v) is 10.8. The summed E-state index contributed by atoms with van der Waals surface area (Å²) in [7, 11) is 0. The van der Waals surface area contributed by atoms with E-state index >= 15 is 0 Å². The normalized spacial score (nSPS) is 11.3. The summed E-state index contributed by atoms with van der Waals surface area (Å²) in [5, 5.41) is 14.5. The molecule has 2 N–H and O–H groups in total. The molecule has 1 amide bonds. The van der Waals surface area contributed by atoms with Crippen molar-refractivity contribution in [3.05, 3.63) is 29.8 Å². The van der Waals surface area contributed by atoms with Crippen molar-refractivity contribution in [1.82, 2.24) is 0 Å². The van der Waals surface area contributed by atoms with Crippen molar-refractivity contribution in [1.29, 1.82) is 0 Å². The molecule has 17 heavy (non-hydrogen) atoms. The molecule has 92 valence electrons. The standard InChI is InChI=1S/C12H16N2O2S/c1-9(14-16)10-3-5-11(6-4-10)13-12(15)7-8-17-2/h3-6,16H,7-8H2,1-2H3,(H,13,15). The summed E-state index contributed by atoms with van der Waals surface area (Å²) < 4.78 is 0. The second-order valence-electron chi connectivity index (χ2n) is 3.55. The molecular formula is C12H16N2O2S. The number of thioether (sulfide) groups is 1. The highest BCUT2D eigenvalue weighted by Crippen LogP contribution is 2.11. The number of carbonyl (C=O) groups excluding carboxylic acids is 1. The van der Waals surface area contributed by atoms with Crippen molar-refractivity contribution in [3.63, 3.8) is 0 Å². The molecule has 0 spiro atoms. The first-order chi connectivity index (χ1) is 8.17. The van der Waals surface area contributed by atoms with Crippen LogP contribution in [0.5, 0.6) is 0 Å². The van der Waals surface area contributed by atoms with Crippen molar-refractivity contribution in [2.45, 2.75) is 13.3 Å². The first-order valence-electron chi connectivity index (χ1n) is 5.25. The first-order valence-corrected chi connectivity index (χ1v) is 6.64. The summed E-state index contributed by atoms with van der Waals surface area (Å²) >= 11 is 1.65. The minimum Gasteiger partial charge on any atom is -0.411 e. The predicted molar refractivity (Wildman–Crippen MR) is 72.1 cm³/mol. The van der Waals surface area contributed by atoms with Gasteiger partial charge in [0.15, 0.2) is 0 Å². The van der Waals surface area contributed by atoms with Gasteiger partial charge >= 0.3 is 0 Å². The fourth-order valence-corrected chi connectivity index (χ4v) is 1.66. The van der Waals surface area contributed by atoms with Crippen LogP contribution < -0.4 is 5.32 Å². The van der Waals surface area contributed by atoms with Crippen molar-refractivity contribution >= 4 is 29.1 Å². The predicted octanol–water partition coefficient (Wildman–Crippen LogP) is 2.58. The Morgan fingerprint density at radius 1 is 1.41 bits per heavy atom. The number of carbonyl (C=O) groups is 1. The van der Waals surface area contributed by atoms with Gasteiger partial charge in [-0.25, -0.2) is 0 Å². The lowest BCUT2D eigenvalue weighted by molar-refractivity contribution is -0.115. The summed E-state index contributed by atoms with van der Waals surface area (Å²) in [6, 6.07) is 7.19. The lowest BCUT2D eigenvalue weighted by Gasteiger charge is -2.05. The van der Waals surface area contributed by atoms with E-state index < -0.39 is 0 Å². The number of hydrogen-bond donors (Lipinski definition) is 2. The van der Waals surface area contributed by atoms with Gasteiger partial charge in [-0.1, -0.05) is 17.3 Å². The molecule has 0 radical (unpaired) electrons. The van der Waals surface area contributed by atoms with Crippen LogP contribution in [0.4, 0.5) is 5.69 Å². The lowest BCUT2D eigenvalue weighted by Crippen LogP contribution is -2.12. The van der Waals surface area contributed by atoms with Gasteiger partial charge in [-0.05, 0) is 30.9 Å². The molecule has 0 unspecified atom stereocenters. The molecule has 1 aromatic carbocycles. The fourth-order valence-electron chi connectivity index (χ4n) is 1.27. The number of benzene rings is 1. The third-order valence-electron chi connectivity index (χ3n) is 2.27. The Morgan fingerprint density at radius 2 is 2.06 bits per heavy atom. The Labute approximate surface area is 105 Å². The number of hydrogen-bond acceptors (Lipinski definition) is 4. The topological polar surface area (TPSA) is 61.7 Å². The molecule has 1 aromatic rings. The van der Waals surface area contributed by atoms with Crippen LogP contribution in [0.25, 0.3) is 0 Å². The van der Waals surface area contributed by atoms with Gasteiger partial charge in [-0.3, -0.25) is 4.79 Å². The van der Waals surface area contributed by atoms with Crippen LogP contribution in [-0.4, -0.2) is 28.8 Å². The molecule has 0 heterocycles. The van der Waals surface area contributed by atoms with Crippen LogP contribution in [0.1, 0.15) is 18.9 Å². The van der Waals surface area contributed by atoms with Gasteiger partial charge in [0.25, 0.3) is 0 Å². The molecule has 0 atom stereocenters. The molecule has 0 saturated heterocycles. The number of anilines is 1. The van der Waals surface area contributed by atoms with Gasteiger partial charge < -0.3 is 10.5 Å². The number of nitrogens with one attached hydrogen (secondary N) is 1. The summed E-state index contributed by atoms with van der Waals surface area (Å²) in [6.07, 6.45) is 2.49. The molecule has 4 nitrogen and oxygen atoms in total. The van der Waals surface area contributed by atoms with E-state index in [4.69, 9.17) is 5.21 Å². The van der Waals surface area contributed by atoms with Crippen molar-refractivity contribution in [3.8, 4) is 0 Å². The third kappa shape index (κ3) is 4.48. The molecule has 5 heteroatoms. The number of nitrogens with zero attached hydrogens (tertiary/aromatic N) is 1. The van der Waals surface area contributed by atoms with Crippen LogP contribution in [-0.2, 0) is 4.79 Å². The molecule has 0 saturated carbocycles. The van der Waals surface area contributed by atoms with Gasteiger partial charge in [0, 0.05) is 17.9 Å². The Hall–Kier alpha value is -1.49. The van der Waals surface area contributed by atoms with E-state index in [2.05, 4.69) is 10.5 Å². The van der Waals surface area contributed by atoms with Crippen LogP contribution in [0.3, 0.4) is 0 Å². The maximum atomic E-state index is 11.5. The highest BCUT2D eigenvalue weighted by Gasteiger charge is 2.02. The molecule has 0 aliphatic heterocycles. The van der Waals surface area contributed by atoms with Crippen LogP contribution >= 0.6 is 11.8 Å². The molecule has 1 rings (SSSR count). The van der Waals surface area contributed by atoms with Gasteiger partial charge in [0.2, 0.25) is 5.91 Å². The molecule has 0 aromatic heterocycles. The van der Waals surface area contributed by atoms with Crippen molar-refractivity contribution < 1.29 is 10.0 Å². The molecular weight excluding hydrogens is 236 g/mol. The second-order valence-corrected chi connectivity index (χ2v) is 4.54. The Morgan fingerprint density at radius 3 is 2.59 bits per heavy atom.